The average molecular weight is 255 g/mol. The topological polar surface area (TPSA) is 29.0 Å². The van der Waals surface area contributed by atoms with E-state index in [0.29, 0.717) is 0 Å². The van der Waals surface area contributed by atoms with Crippen LogP contribution in [0.3, 0.4) is 0 Å². The van der Waals surface area contributed by atoms with Crippen LogP contribution in [0, 0.1) is 0 Å². The average Bonchev–Trinajstić information content (AvgIpc) is 2.87. The Hall–Kier alpha value is -1.94. The molecular formula is C14H13N3S. The molecular weight excluding hydrogens is 242 g/mol. The number of aromatic nitrogens is 2. The van der Waals surface area contributed by atoms with Gasteiger partial charge in [-0.25, -0.2) is 4.98 Å². The van der Waals surface area contributed by atoms with Gasteiger partial charge in [-0.2, -0.15) is 0 Å². The summed E-state index contributed by atoms with van der Waals surface area (Å²) in [6.07, 6.45) is 5.51. The molecule has 18 heavy (non-hydrogen) atoms. The van der Waals surface area contributed by atoms with Crippen LogP contribution < -0.4 is 4.90 Å². The van der Waals surface area contributed by atoms with Crippen LogP contribution in [0.5, 0.6) is 0 Å². The van der Waals surface area contributed by atoms with Crippen molar-refractivity contribution in [2.24, 2.45) is 0 Å². The van der Waals surface area contributed by atoms with E-state index >= 15 is 0 Å². The van der Waals surface area contributed by atoms with E-state index in [1.807, 2.05) is 30.7 Å². The van der Waals surface area contributed by atoms with Gasteiger partial charge in [0.1, 0.15) is 5.82 Å². The molecule has 0 saturated heterocycles. The summed E-state index contributed by atoms with van der Waals surface area (Å²) < 4.78 is 1.28. The first-order valence-corrected chi connectivity index (χ1v) is 6.65. The van der Waals surface area contributed by atoms with Gasteiger partial charge in [-0.3, -0.25) is 4.98 Å². The van der Waals surface area contributed by atoms with Gasteiger partial charge in [-0.05, 0) is 35.2 Å². The second-order valence-electron chi connectivity index (χ2n) is 4.18. The number of pyridine rings is 2. The molecule has 0 unspecified atom stereocenters. The highest BCUT2D eigenvalue weighted by molar-refractivity contribution is 7.17. The van der Waals surface area contributed by atoms with Gasteiger partial charge in [0.2, 0.25) is 0 Å². The van der Waals surface area contributed by atoms with E-state index < -0.39 is 0 Å². The van der Waals surface area contributed by atoms with Crippen LogP contribution in [0.1, 0.15) is 5.56 Å². The van der Waals surface area contributed by atoms with E-state index in [2.05, 4.69) is 39.4 Å². The molecule has 3 rings (SSSR count). The molecule has 0 amide bonds. The third kappa shape index (κ3) is 2.07. The fraction of sp³-hybridized carbons (Fsp3) is 0.143. The van der Waals surface area contributed by atoms with Crippen LogP contribution in [-0.2, 0) is 6.54 Å². The number of thiophene rings is 1. The first kappa shape index (κ1) is 11.2. The van der Waals surface area contributed by atoms with Crippen LogP contribution in [0.2, 0.25) is 0 Å². The van der Waals surface area contributed by atoms with Crippen LogP contribution in [-0.4, -0.2) is 17.0 Å². The van der Waals surface area contributed by atoms with Crippen LogP contribution in [0.4, 0.5) is 5.82 Å². The van der Waals surface area contributed by atoms with E-state index in [9.17, 15) is 0 Å². The Morgan fingerprint density at radius 3 is 2.78 bits per heavy atom. The summed E-state index contributed by atoms with van der Waals surface area (Å²) in [5.74, 6) is 1.03. The Labute approximate surface area is 110 Å². The van der Waals surface area contributed by atoms with Gasteiger partial charge in [0.25, 0.3) is 0 Å². The van der Waals surface area contributed by atoms with Gasteiger partial charge in [-0.1, -0.05) is 0 Å². The molecule has 90 valence electrons. The smallest absolute Gasteiger partial charge is 0.137 e. The number of hydrogen-bond acceptors (Lipinski definition) is 4. The minimum absolute atomic E-state index is 0.838. The number of rotatable bonds is 3. The van der Waals surface area contributed by atoms with Crippen molar-refractivity contribution in [3.05, 3.63) is 53.8 Å². The molecule has 0 atom stereocenters. The largest absolute Gasteiger partial charge is 0.355 e. The summed E-state index contributed by atoms with van der Waals surface area (Å²) in [4.78, 5) is 10.7. The van der Waals surface area contributed by atoms with E-state index in [1.54, 1.807) is 11.3 Å². The van der Waals surface area contributed by atoms with Crippen LogP contribution >= 0.6 is 11.3 Å². The Balaban J connectivity index is 1.92. The van der Waals surface area contributed by atoms with Crippen molar-refractivity contribution in [2.45, 2.75) is 6.54 Å². The van der Waals surface area contributed by atoms with Crippen LogP contribution in [0.25, 0.3) is 10.1 Å². The quantitative estimate of drug-likeness (QED) is 0.719. The molecule has 0 bridgehead atoms. The molecule has 0 aliphatic heterocycles. The van der Waals surface area contributed by atoms with Crippen molar-refractivity contribution in [1.82, 2.24) is 9.97 Å². The zero-order chi connectivity index (χ0) is 12.4. The lowest BCUT2D eigenvalue weighted by atomic mass is 10.2. The SMILES string of the molecule is CN(Cc1ccncc1)c1nccc2sccc12. The van der Waals surface area contributed by atoms with Crippen LogP contribution in [0.15, 0.2) is 48.2 Å². The molecule has 3 aromatic rings. The first-order chi connectivity index (χ1) is 8.84. The lowest BCUT2D eigenvalue weighted by Crippen LogP contribution is -2.17. The normalized spacial score (nSPS) is 10.7. The van der Waals surface area contributed by atoms with Gasteiger partial charge < -0.3 is 4.90 Å². The fourth-order valence-corrected chi connectivity index (χ4v) is 2.80. The predicted octanol–water partition coefficient (Wildman–Crippen LogP) is 3.33. The van der Waals surface area contributed by atoms with Gasteiger partial charge in [0.15, 0.2) is 0 Å². The number of fused-ring (bicyclic) bond motifs is 1. The Kier molecular flexibility index (Phi) is 2.94. The predicted molar refractivity (Wildman–Crippen MR) is 76.0 cm³/mol. The summed E-state index contributed by atoms with van der Waals surface area (Å²) in [6.45, 7) is 0.838. The maximum atomic E-state index is 4.49. The summed E-state index contributed by atoms with van der Waals surface area (Å²) in [5.41, 5.74) is 1.24. The van der Waals surface area contributed by atoms with Gasteiger partial charge in [-0.15, -0.1) is 11.3 Å². The highest BCUT2D eigenvalue weighted by Crippen LogP contribution is 2.28. The van der Waals surface area contributed by atoms with Crippen molar-refractivity contribution >= 4 is 27.2 Å². The lowest BCUT2D eigenvalue weighted by Gasteiger charge is -2.18. The third-order valence-corrected chi connectivity index (χ3v) is 3.77. The molecule has 4 heteroatoms. The Morgan fingerprint density at radius 2 is 1.94 bits per heavy atom. The Morgan fingerprint density at radius 1 is 1.11 bits per heavy atom. The van der Waals surface area contributed by atoms with Gasteiger partial charge >= 0.3 is 0 Å². The molecule has 0 radical (unpaired) electrons. The molecule has 0 saturated carbocycles. The molecule has 0 spiro atoms. The number of hydrogen-bond donors (Lipinski definition) is 0. The second kappa shape index (κ2) is 4.74. The summed E-state index contributed by atoms with van der Waals surface area (Å²) in [6, 6.07) is 8.25. The summed E-state index contributed by atoms with van der Waals surface area (Å²) in [5, 5.41) is 3.33. The van der Waals surface area contributed by atoms with Crippen molar-refractivity contribution in [1.29, 1.82) is 0 Å². The number of nitrogens with zero attached hydrogens (tertiary/aromatic N) is 3. The van der Waals surface area contributed by atoms with Crippen molar-refractivity contribution in [2.75, 3.05) is 11.9 Å². The zero-order valence-corrected chi connectivity index (χ0v) is 10.9. The monoisotopic (exact) mass is 255 g/mol. The molecule has 0 aliphatic rings. The minimum Gasteiger partial charge on any atom is -0.355 e. The maximum absolute atomic E-state index is 4.49. The summed E-state index contributed by atoms with van der Waals surface area (Å²) in [7, 11) is 2.07. The van der Waals surface area contributed by atoms with Crippen molar-refractivity contribution in [3.8, 4) is 0 Å². The maximum Gasteiger partial charge on any atom is 0.137 e. The van der Waals surface area contributed by atoms with E-state index in [1.165, 1.54) is 15.6 Å². The second-order valence-corrected chi connectivity index (χ2v) is 5.13. The summed E-state index contributed by atoms with van der Waals surface area (Å²) >= 11 is 1.75. The lowest BCUT2D eigenvalue weighted by molar-refractivity contribution is 0.902. The number of anilines is 1. The molecule has 0 aliphatic carbocycles. The zero-order valence-electron chi connectivity index (χ0n) is 10.1. The first-order valence-electron chi connectivity index (χ1n) is 5.77. The highest BCUT2D eigenvalue weighted by Gasteiger charge is 2.08. The van der Waals surface area contributed by atoms with E-state index in [-0.39, 0.29) is 0 Å². The molecule has 0 aromatic carbocycles. The minimum atomic E-state index is 0.838. The van der Waals surface area contributed by atoms with Gasteiger partial charge in [0.05, 0.1) is 0 Å². The third-order valence-electron chi connectivity index (χ3n) is 2.89. The van der Waals surface area contributed by atoms with Gasteiger partial charge in [0, 0.05) is 42.3 Å². The molecule has 3 nitrogen and oxygen atoms in total. The molecule has 0 N–H and O–H groups in total. The van der Waals surface area contributed by atoms with E-state index in [4.69, 9.17) is 0 Å². The van der Waals surface area contributed by atoms with E-state index in [0.717, 1.165) is 12.4 Å². The molecule has 0 fully saturated rings. The fourth-order valence-electron chi connectivity index (χ4n) is 2.02. The Bertz CT molecular complexity index is 648. The van der Waals surface area contributed by atoms with Crippen molar-refractivity contribution < 1.29 is 0 Å². The standard InChI is InChI=1S/C14H13N3S/c1-17(10-11-2-6-15-7-3-11)14-12-5-9-18-13(12)4-8-16-14/h2-9H,10H2,1H3. The van der Waals surface area contributed by atoms with Crippen molar-refractivity contribution in [3.63, 3.8) is 0 Å². The highest BCUT2D eigenvalue weighted by atomic mass is 32.1. The molecule has 3 heterocycles. The molecule has 3 aromatic heterocycles.